The van der Waals surface area contributed by atoms with Crippen molar-refractivity contribution < 1.29 is 0 Å². The number of thioether (sulfide) groups is 1. The zero-order valence-electron chi connectivity index (χ0n) is 13.1. The Hall–Kier alpha value is 0.270. The first-order valence-corrected chi connectivity index (χ1v) is 8.75. The molecule has 18 heavy (non-hydrogen) atoms. The van der Waals surface area contributed by atoms with Crippen molar-refractivity contribution in [1.29, 1.82) is 0 Å². The van der Waals surface area contributed by atoms with Gasteiger partial charge in [0.2, 0.25) is 0 Å². The van der Waals surface area contributed by atoms with Gasteiger partial charge in [-0.15, -0.1) is 0 Å². The van der Waals surface area contributed by atoms with Crippen molar-refractivity contribution in [3.63, 3.8) is 0 Å². The largest absolute Gasteiger partial charge is 0.311 e. The van der Waals surface area contributed by atoms with Crippen LogP contribution in [0.25, 0.3) is 0 Å². The number of hydrogen-bond acceptors (Lipinski definition) is 3. The lowest BCUT2D eigenvalue weighted by Crippen LogP contribution is -2.62. The Balaban J connectivity index is 2.66. The quantitative estimate of drug-likeness (QED) is 0.828. The summed E-state index contributed by atoms with van der Waals surface area (Å²) in [5, 5.41) is 3.78. The number of nitrogens with one attached hydrogen (secondary N) is 1. The van der Waals surface area contributed by atoms with Crippen LogP contribution in [0.4, 0.5) is 0 Å². The molecule has 0 bridgehead atoms. The predicted molar refractivity (Wildman–Crippen MR) is 84.4 cm³/mol. The molecule has 3 unspecified atom stereocenters. The maximum Gasteiger partial charge on any atom is 0.0270 e. The Kier molecular flexibility index (Phi) is 6.49. The van der Waals surface area contributed by atoms with Crippen LogP contribution in [-0.4, -0.2) is 48.6 Å². The molecule has 0 aliphatic carbocycles. The first-order valence-electron chi connectivity index (χ1n) is 7.36. The minimum Gasteiger partial charge on any atom is -0.311 e. The summed E-state index contributed by atoms with van der Waals surface area (Å²) in [6, 6.07) is 1.35. The van der Waals surface area contributed by atoms with Gasteiger partial charge in [0, 0.05) is 37.5 Å². The molecule has 0 radical (unpaired) electrons. The van der Waals surface area contributed by atoms with E-state index < -0.39 is 0 Å². The van der Waals surface area contributed by atoms with E-state index in [1.165, 1.54) is 25.3 Å². The van der Waals surface area contributed by atoms with Crippen molar-refractivity contribution in [3.8, 4) is 0 Å². The van der Waals surface area contributed by atoms with Crippen molar-refractivity contribution in [1.82, 2.24) is 10.2 Å². The normalized spacial score (nSPS) is 28.3. The van der Waals surface area contributed by atoms with Gasteiger partial charge in [-0.3, -0.25) is 4.90 Å². The average Bonchev–Trinajstić information content (AvgIpc) is 2.33. The van der Waals surface area contributed by atoms with Crippen molar-refractivity contribution >= 4 is 11.8 Å². The highest BCUT2D eigenvalue weighted by molar-refractivity contribution is 7.98. The van der Waals surface area contributed by atoms with E-state index in [2.05, 4.69) is 51.1 Å². The van der Waals surface area contributed by atoms with Crippen LogP contribution >= 0.6 is 11.8 Å². The molecule has 1 aliphatic rings. The molecule has 1 heterocycles. The molecule has 0 spiro atoms. The summed E-state index contributed by atoms with van der Waals surface area (Å²) >= 11 is 1.96. The first-order chi connectivity index (χ1) is 8.40. The van der Waals surface area contributed by atoms with Gasteiger partial charge in [0.25, 0.3) is 0 Å². The molecule has 1 fully saturated rings. The fourth-order valence-corrected chi connectivity index (χ4v) is 3.23. The molecule has 0 saturated carbocycles. The second kappa shape index (κ2) is 7.16. The van der Waals surface area contributed by atoms with Gasteiger partial charge in [0.15, 0.2) is 0 Å². The molecule has 0 aromatic rings. The lowest BCUT2D eigenvalue weighted by atomic mass is 9.82. The molecular formula is C15H32N2S. The molecule has 1 rings (SSSR count). The zero-order valence-corrected chi connectivity index (χ0v) is 13.9. The van der Waals surface area contributed by atoms with Gasteiger partial charge in [-0.1, -0.05) is 41.0 Å². The van der Waals surface area contributed by atoms with Crippen molar-refractivity contribution in [2.45, 2.75) is 53.1 Å². The van der Waals surface area contributed by atoms with E-state index >= 15 is 0 Å². The lowest BCUT2D eigenvalue weighted by molar-refractivity contribution is 0.0493. The van der Waals surface area contributed by atoms with Crippen LogP contribution in [0.1, 0.15) is 41.0 Å². The summed E-state index contributed by atoms with van der Waals surface area (Å²) in [5.41, 5.74) is 0.367. The van der Waals surface area contributed by atoms with Gasteiger partial charge in [-0.2, -0.15) is 11.8 Å². The van der Waals surface area contributed by atoms with Crippen molar-refractivity contribution in [2.24, 2.45) is 11.3 Å². The Morgan fingerprint density at radius 2 is 2.06 bits per heavy atom. The third-order valence-electron chi connectivity index (χ3n) is 4.36. The van der Waals surface area contributed by atoms with E-state index in [0.717, 1.165) is 12.5 Å². The summed E-state index contributed by atoms with van der Waals surface area (Å²) in [4.78, 5) is 2.73. The van der Waals surface area contributed by atoms with E-state index in [0.29, 0.717) is 17.5 Å². The Labute approximate surface area is 118 Å². The monoisotopic (exact) mass is 272 g/mol. The van der Waals surface area contributed by atoms with Gasteiger partial charge in [0.05, 0.1) is 0 Å². The topological polar surface area (TPSA) is 15.3 Å². The Morgan fingerprint density at radius 1 is 1.39 bits per heavy atom. The fourth-order valence-electron chi connectivity index (χ4n) is 2.81. The van der Waals surface area contributed by atoms with Crippen LogP contribution in [0.5, 0.6) is 0 Å². The van der Waals surface area contributed by atoms with Gasteiger partial charge < -0.3 is 5.32 Å². The highest BCUT2D eigenvalue weighted by Gasteiger charge is 2.36. The van der Waals surface area contributed by atoms with Crippen LogP contribution < -0.4 is 5.32 Å². The van der Waals surface area contributed by atoms with Crippen LogP contribution in [0, 0.1) is 11.3 Å². The second-order valence-corrected chi connectivity index (χ2v) is 7.76. The van der Waals surface area contributed by atoms with E-state index in [9.17, 15) is 0 Å². The Morgan fingerprint density at radius 3 is 2.56 bits per heavy atom. The summed E-state index contributed by atoms with van der Waals surface area (Å²) in [6.07, 6.45) is 3.48. The second-order valence-electron chi connectivity index (χ2n) is 6.77. The smallest absolute Gasteiger partial charge is 0.0270 e. The van der Waals surface area contributed by atoms with Gasteiger partial charge in [-0.25, -0.2) is 0 Å². The molecule has 0 amide bonds. The SMILES string of the molecule is CCC(C)C1CN(CCSC)C(C(C)(C)C)CN1. The predicted octanol–water partition coefficient (Wildman–Crippen LogP) is 3.08. The highest BCUT2D eigenvalue weighted by atomic mass is 32.2. The van der Waals surface area contributed by atoms with Crippen LogP contribution in [-0.2, 0) is 0 Å². The summed E-state index contributed by atoms with van der Waals surface area (Å²) < 4.78 is 0. The van der Waals surface area contributed by atoms with Crippen molar-refractivity contribution in [2.75, 3.05) is 31.6 Å². The average molecular weight is 273 g/mol. The number of nitrogens with zero attached hydrogens (tertiary/aromatic N) is 1. The molecular weight excluding hydrogens is 240 g/mol. The molecule has 1 N–H and O–H groups in total. The standard InChI is InChI=1S/C15H32N2S/c1-7-12(2)13-11-17(8-9-18-6)14(10-16-13)15(3,4)5/h12-14,16H,7-11H2,1-6H3. The number of piperazine rings is 1. The number of rotatable bonds is 5. The molecule has 1 aliphatic heterocycles. The fraction of sp³-hybridized carbons (Fsp3) is 1.00. The maximum absolute atomic E-state index is 3.78. The van der Waals surface area contributed by atoms with E-state index in [-0.39, 0.29) is 0 Å². The van der Waals surface area contributed by atoms with Crippen LogP contribution in [0.3, 0.4) is 0 Å². The molecule has 0 aromatic carbocycles. The number of hydrogen-bond donors (Lipinski definition) is 1. The van der Waals surface area contributed by atoms with Gasteiger partial charge in [0.1, 0.15) is 0 Å². The summed E-state index contributed by atoms with van der Waals surface area (Å²) in [6.45, 7) is 15.4. The minimum absolute atomic E-state index is 0.367. The lowest BCUT2D eigenvalue weighted by Gasteiger charge is -2.47. The third kappa shape index (κ3) is 4.43. The zero-order chi connectivity index (χ0) is 13.8. The third-order valence-corrected chi connectivity index (χ3v) is 4.95. The van der Waals surface area contributed by atoms with Crippen molar-refractivity contribution in [3.05, 3.63) is 0 Å². The van der Waals surface area contributed by atoms with Gasteiger partial charge in [-0.05, 0) is 17.6 Å². The van der Waals surface area contributed by atoms with Crippen LogP contribution in [0.15, 0.2) is 0 Å². The highest BCUT2D eigenvalue weighted by Crippen LogP contribution is 2.28. The Bertz CT molecular complexity index is 237. The molecule has 3 atom stereocenters. The molecule has 2 nitrogen and oxygen atoms in total. The summed E-state index contributed by atoms with van der Waals surface area (Å²) in [7, 11) is 0. The van der Waals surface area contributed by atoms with E-state index in [1.54, 1.807) is 0 Å². The maximum atomic E-state index is 3.78. The molecule has 0 aromatic heterocycles. The minimum atomic E-state index is 0.367. The van der Waals surface area contributed by atoms with E-state index in [4.69, 9.17) is 0 Å². The first kappa shape index (κ1) is 16.3. The van der Waals surface area contributed by atoms with E-state index in [1.807, 2.05) is 11.8 Å². The molecule has 1 saturated heterocycles. The molecule has 108 valence electrons. The van der Waals surface area contributed by atoms with Crippen LogP contribution in [0.2, 0.25) is 0 Å². The summed E-state index contributed by atoms with van der Waals surface area (Å²) in [5.74, 6) is 2.03. The molecule has 3 heteroatoms. The van der Waals surface area contributed by atoms with Gasteiger partial charge >= 0.3 is 0 Å².